The molecule has 21 amide bonds. The third-order valence-electron chi connectivity index (χ3n) is 17.9. The molecule has 13 atom stereocenters. The van der Waals surface area contributed by atoms with Crippen LogP contribution in [-0.4, -0.2) is 326 Å². The van der Waals surface area contributed by atoms with Crippen molar-refractivity contribution in [1.82, 2.24) is 117 Å². The second-order valence-corrected chi connectivity index (χ2v) is 28.9. The van der Waals surface area contributed by atoms with Crippen LogP contribution in [0.4, 0.5) is 0 Å². The summed E-state index contributed by atoms with van der Waals surface area (Å²) in [6.45, 7) is 5.26. The molecule has 0 aliphatic carbocycles. The van der Waals surface area contributed by atoms with Crippen LogP contribution in [0, 0.1) is 28.6 Å². The molecule has 0 unspecified atom stereocenters. The lowest BCUT2D eigenvalue weighted by Crippen LogP contribution is -2.59. The Balaban J connectivity index is 2.78. The van der Waals surface area contributed by atoms with E-state index in [1.807, 2.05) is 0 Å². The number of primary amides is 1. The number of carbonyl (C=O) groups excluding carboxylic acids is 21. The van der Waals surface area contributed by atoms with E-state index in [1.54, 1.807) is 13.8 Å². The molecular weight excluding hydrogens is 1630 g/mol. The van der Waals surface area contributed by atoms with Gasteiger partial charge in [-0.25, -0.2) is 4.79 Å². The van der Waals surface area contributed by atoms with Gasteiger partial charge >= 0.3 is 5.97 Å². The number of nitrogens with one attached hydrogen (secondary N) is 23. The zero-order valence-corrected chi connectivity index (χ0v) is 69.8. The number of carbonyl (C=O) groups is 22. The minimum atomic E-state index is -1.79. The number of guanidine groups is 2. The molecule has 1 rings (SSSR count). The van der Waals surface area contributed by atoms with Gasteiger partial charge in [0.25, 0.3) is 0 Å². The molecule has 1 heterocycles. The summed E-state index contributed by atoms with van der Waals surface area (Å²) in [4.78, 5) is 285. The van der Waals surface area contributed by atoms with E-state index in [2.05, 4.69) is 112 Å². The molecular formula is C70H120N28O25. The Labute approximate surface area is 706 Å². The smallest absolute Gasteiger partial charge is 0.326 e. The third-order valence-corrected chi connectivity index (χ3v) is 17.9. The van der Waals surface area contributed by atoms with E-state index in [0.29, 0.717) is 12.8 Å². The predicted octanol–water partition coefficient (Wildman–Crippen LogP) is -15.9. The Morgan fingerprint density at radius 1 is 0.382 bits per heavy atom. The molecule has 0 aromatic rings. The lowest BCUT2D eigenvalue weighted by atomic mass is 9.98. The van der Waals surface area contributed by atoms with Crippen molar-refractivity contribution in [2.45, 2.75) is 186 Å². The fourth-order valence-corrected chi connectivity index (χ4v) is 11.0. The molecule has 123 heavy (non-hydrogen) atoms. The number of amides is 21. The van der Waals surface area contributed by atoms with Crippen LogP contribution in [0.5, 0.6) is 0 Å². The average Bonchev–Trinajstić information content (AvgIpc) is 1.71. The van der Waals surface area contributed by atoms with E-state index in [9.17, 15) is 121 Å². The van der Waals surface area contributed by atoms with Crippen LogP contribution in [0.2, 0.25) is 0 Å². The summed E-state index contributed by atoms with van der Waals surface area (Å²) in [5.41, 5.74) is 21.2. The molecule has 53 heteroatoms. The first-order chi connectivity index (χ1) is 57.6. The van der Waals surface area contributed by atoms with Gasteiger partial charge < -0.3 is 155 Å². The largest absolute Gasteiger partial charge is 0.480 e. The number of aliphatic hydroxyl groups is 2. The van der Waals surface area contributed by atoms with Crippen molar-refractivity contribution < 1.29 is 121 Å². The summed E-state index contributed by atoms with van der Waals surface area (Å²) >= 11 is 0. The Kier molecular flexibility index (Phi) is 49.3. The normalized spacial score (nSPS) is 14.9. The van der Waals surface area contributed by atoms with Crippen molar-refractivity contribution in [2.24, 2.45) is 40.7 Å². The molecule has 1 aliphatic heterocycles. The van der Waals surface area contributed by atoms with Gasteiger partial charge in [0.15, 0.2) is 11.9 Å². The Morgan fingerprint density at radius 3 is 1.06 bits per heavy atom. The summed E-state index contributed by atoms with van der Waals surface area (Å²) in [6.07, 6.45) is -3.06. The van der Waals surface area contributed by atoms with Crippen LogP contribution >= 0.6 is 0 Å². The molecule has 0 aromatic heterocycles. The molecule has 0 bridgehead atoms. The van der Waals surface area contributed by atoms with Gasteiger partial charge in [0.2, 0.25) is 124 Å². The number of hydrogen-bond donors (Lipinski definition) is 30. The number of likely N-dealkylation sites (tertiary alicyclic amines) is 1. The maximum Gasteiger partial charge on any atom is 0.326 e. The van der Waals surface area contributed by atoms with E-state index >= 15 is 0 Å². The highest BCUT2D eigenvalue weighted by molar-refractivity contribution is 6.01. The van der Waals surface area contributed by atoms with Crippen molar-refractivity contribution >= 4 is 142 Å². The molecule has 690 valence electrons. The third kappa shape index (κ3) is 43.5. The number of nitrogens with two attached hydrogens (primary N) is 4. The van der Waals surface area contributed by atoms with Gasteiger partial charge in [0.1, 0.15) is 60.4 Å². The number of carboxylic acids is 1. The van der Waals surface area contributed by atoms with Gasteiger partial charge in [-0.05, 0) is 77.0 Å². The molecule has 1 saturated heterocycles. The minimum Gasteiger partial charge on any atom is -0.480 e. The van der Waals surface area contributed by atoms with Gasteiger partial charge in [-0.15, -0.1) is 0 Å². The lowest BCUT2D eigenvalue weighted by molar-refractivity contribution is -0.145. The standard InChI is InChI=1S/C70H120N28O25/c1-10-34(6)56(95-51(110)29-82-47(106)25-87-65(119)57(36(8)99)96-52(111)26-79-43(102)21-71)64(118)85-23-45(104)80-27-49(108)93-54(32(2)3)62(116)84-22-44(103)83-30-53(112)97-58(37(9)100)66(120)86-24-46(105)81-28-50(109)94-55(33(4)5)63(117)88-31-48(107)90-40(20-42(72)101)60(114)91-38(14-11-17-77-69(73)74)59(113)89-35(7)67(121)98-19-13-16-41(98)61(115)92-39(68(122)123)15-12-18-78-70(75)76/h32-41,54-58,99-100H,10-31,71H2,1-9H3,(H2,72,101)(H,79,102)(H,80,104)(H,81,105)(H,82,106)(H,83,103)(H,84,116)(H,85,118)(H,86,120)(H,87,119)(H,88,117)(H,89,113)(H,90,107)(H,91,114)(H,92,115)(H,93,108)(H,94,109)(H,95,110)(H,96,111)(H,97,112)(H,122,123)(H4,73,74,77)(H4,75,76,78)/t34-,35-,36+,37+,38-,39-,40-,41-,54-,55-,56-,57-,58-/m0/s1. The van der Waals surface area contributed by atoms with Crippen molar-refractivity contribution in [2.75, 3.05) is 91.6 Å². The highest BCUT2D eigenvalue weighted by atomic mass is 16.4. The fraction of sp³-hybridized carbons (Fsp3) is 0.657. The lowest BCUT2D eigenvalue weighted by Gasteiger charge is -2.29. The number of rotatable bonds is 56. The van der Waals surface area contributed by atoms with E-state index in [1.165, 1.54) is 41.5 Å². The fourth-order valence-electron chi connectivity index (χ4n) is 11.0. The van der Waals surface area contributed by atoms with Gasteiger partial charge in [-0.2, -0.15) is 0 Å². The van der Waals surface area contributed by atoms with Crippen molar-refractivity contribution in [1.29, 1.82) is 10.8 Å². The average molecular weight is 1750 g/mol. The predicted molar refractivity (Wildman–Crippen MR) is 429 cm³/mol. The number of aliphatic hydroxyl groups excluding tert-OH is 2. The van der Waals surface area contributed by atoms with Gasteiger partial charge in [-0.1, -0.05) is 48.0 Å². The monoisotopic (exact) mass is 1750 g/mol. The van der Waals surface area contributed by atoms with Crippen LogP contribution < -0.4 is 135 Å². The van der Waals surface area contributed by atoms with Crippen LogP contribution in [0.3, 0.4) is 0 Å². The number of hydrogen-bond acceptors (Lipinski definition) is 27. The molecule has 53 nitrogen and oxygen atoms in total. The van der Waals surface area contributed by atoms with Crippen LogP contribution in [0.25, 0.3) is 0 Å². The molecule has 1 aliphatic rings. The summed E-state index contributed by atoms with van der Waals surface area (Å²) < 4.78 is 0. The number of aliphatic carboxylic acids is 1. The van der Waals surface area contributed by atoms with E-state index in [0.717, 1.165) is 11.8 Å². The molecule has 0 radical (unpaired) electrons. The van der Waals surface area contributed by atoms with Crippen molar-refractivity contribution in [3.05, 3.63) is 0 Å². The number of carboxylic acid groups (broad SMARTS) is 1. The molecule has 0 aromatic carbocycles. The minimum absolute atomic E-state index is 0.00743. The molecule has 1 fully saturated rings. The number of nitrogens with zero attached hydrogens (tertiary/aromatic N) is 1. The maximum absolute atomic E-state index is 13.9. The maximum atomic E-state index is 13.9. The van der Waals surface area contributed by atoms with Crippen molar-refractivity contribution in [3.8, 4) is 0 Å². The van der Waals surface area contributed by atoms with Gasteiger partial charge in [0, 0.05) is 19.6 Å². The van der Waals surface area contributed by atoms with Crippen LogP contribution in [-0.2, 0) is 105 Å². The topological polar surface area (TPSA) is 844 Å². The van der Waals surface area contributed by atoms with Crippen LogP contribution in [0.1, 0.15) is 114 Å². The summed E-state index contributed by atoms with van der Waals surface area (Å²) in [5.74, 6) is -23.5. The first kappa shape index (κ1) is 108. The Hall–Kier alpha value is -13.2. The molecule has 0 saturated carbocycles. The zero-order chi connectivity index (χ0) is 93.5. The molecule has 34 N–H and O–H groups in total. The van der Waals surface area contributed by atoms with E-state index in [-0.39, 0.29) is 57.7 Å². The van der Waals surface area contributed by atoms with Crippen LogP contribution in [0.15, 0.2) is 0 Å². The summed E-state index contributed by atoms with van der Waals surface area (Å²) in [5, 5.41) is 93.2. The Morgan fingerprint density at radius 2 is 0.707 bits per heavy atom. The van der Waals surface area contributed by atoms with E-state index < -0.39 is 305 Å². The summed E-state index contributed by atoms with van der Waals surface area (Å²) in [6, 6.07) is -14.3. The van der Waals surface area contributed by atoms with Crippen molar-refractivity contribution in [3.63, 3.8) is 0 Å². The first-order valence-electron chi connectivity index (χ1n) is 39.1. The second kappa shape index (κ2) is 56.3. The van der Waals surface area contributed by atoms with Gasteiger partial charge in [-0.3, -0.25) is 112 Å². The first-order valence-corrected chi connectivity index (χ1v) is 39.1. The second-order valence-electron chi connectivity index (χ2n) is 28.9. The zero-order valence-electron chi connectivity index (χ0n) is 69.8. The Bertz CT molecular complexity index is 3770. The van der Waals surface area contributed by atoms with Gasteiger partial charge in [0.05, 0.1) is 90.6 Å². The quantitative estimate of drug-likeness (QED) is 0.0153. The highest BCUT2D eigenvalue weighted by Crippen LogP contribution is 2.20. The SMILES string of the molecule is CC[C@H](C)[C@H](NC(=O)CNC(=O)CNC(=O)[C@@H](NC(=O)CNC(=O)CN)[C@@H](C)O)C(=O)NCC(=O)NCC(=O)N[C@H](C(=O)NCC(=O)NCC(=O)N[C@H](C(=O)NCC(=O)NCC(=O)N[C@H](C(=O)NCC(=O)N[C@@H](CC(N)=O)C(=O)N[C@@H](CCCNC(=N)N)C(=O)N[C@@H](C)C(=O)N1CCC[C@H]1C(=O)N[C@@H](CCCNC(=N)N)C(=O)O)C(C)C)[C@@H](C)O)C(C)C. The highest BCUT2D eigenvalue weighted by Gasteiger charge is 2.40. The van der Waals surface area contributed by atoms with E-state index in [4.69, 9.17) is 33.8 Å². The molecule has 0 spiro atoms. The summed E-state index contributed by atoms with van der Waals surface area (Å²) in [7, 11) is 0.